The maximum atomic E-state index is 12.4. The average molecular weight is 301 g/mol. The molecule has 1 amide bonds. The third-order valence-electron chi connectivity index (χ3n) is 3.44. The number of aryl methyl sites for hydroxylation is 1. The maximum absolute atomic E-state index is 12.4. The molecule has 0 aromatic heterocycles. The third-order valence-corrected chi connectivity index (χ3v) is 3.44. The van der Waals surface area contributed by atoms with Crippen LogP contribution < -0.4 is 0 Å². The van der Waals surface area contributed by atoms with Crippen LogP contribution in [-0.2, 0) is 29.0 Å². The van der Waals surface area contributed by atoms with E-state index in [1.165, 1.54) is 0 Å². The van der Waals surface area contributed by atoms with Crippen LogP contribution in [0, 0.1) is 0 Å². The Morgan fingerprint density at radius 2 is 1.95 bits per heavy atom. The summed E-state index contributed by atoms with van der Waals surface area (Å²) in [5.74, 6) is -2.76. The zero-order valence-electron chi connectivity index (χ0n) is 11.1. The molecule has 114 valence electrons. The second-order valence-corrected chi connectivity index (χ2v) is 4.97. The molecule has 0 fully saturated rings. The van der Waals surface area contributed by atoms with Crippen molar-refractivity contribution in [1.29, 1.82) is 0 Å². The first kappa shape index (κ1) is 15.3. The van der Waals surface area contributed by atoms with Gasteiger partial charge in [-0.25, -0.2) is 0 Å². The number of carbonyl (C=O) groups excluding carboxylic acids is 1. The van der Waals surface area contributed by atoms with Crippen LogP contribution in [0.25, 0.3) is 0 Å². The molecule has 1 aromatic rings. The van der Waals surface area contributed by atoms with E-state index in [9.17, 15) is 22.8 Å². The SMILES string of the molecule is O=C(O)CCc1ccc2c(c1)CN(C(=O)C(F)(F)F)CC2. The third kappa shape index (κ3) is 3.74. The van der Waals surface area contributed by atoms with Crippen molar-refractivity contribution >= 4 is 11.9 Å². The maximum Gasteiger partial charge on any atom is 0.471 e. The van der Waals surface area contributed by atoms with Crippen LogP contribution in [-0.4, -0.2) is 34.6 Å². The summed E-state index contributed by atoms with van der Waals surface area (Å²) in [5.41, 5.74) is 2.31. The van der Waals surface area contributed by atoms with Gasteiger partial charge in [-0.2, -0.15) is 13.2 Å². The second kappa shape index (κ2) is 5.75. The van der Waals surface area contributed by atoms with Crippen LogP contribution in [0.3, 0.4) is 0 Å². The molecule has 1 aromatic carbocycles. The van der Waals surface area contributed by atoms with Gasteiger partial charge in [-0.15, -0.1) is 0 Å². The number of carboxylic acids is 1. The molecule has 1 aliphatic rings. The predicted molar refractivity (Wildman–Crippen MR) is 67.6 cm³/mol. The van der Waals surface area contributed by atoms with Crippen molar-refractivity contribution in [2.24, 2.45) is 0 Å². The lowest BCUT2D eigenvalue weighted by molar-refractivity contribution is -0.186. The summed E-state index contributed by atoms with van der Waals surface area (Å²) in [6, 6.07) is 5.26. The van der Waals surface area contributed by atoms with Crippen molar-refractivity contribution in [2.75, 3.05) is 6.54 Å². The summed E-state index contributed by atoms with van der Waals surface area (Å²) in [6.45, 7) is -0.0472. The highest BCUT2D eigenvalue weighted by molar-refractivity contribution is 5.82. The molecule has 0 saturated carbocycles. The lowest BCUT2D eigenvalue weighted by Gasteiger charge is -2.29. The normalized spacial score (nSPS) is 14.7. The number of amides is 1. The van der Waals surface area contributed by atoms with Crippen LogP contribution in [0.15, 0.2) is 18.2 Å². The molecule has 0 bridgehead atoms. The van der Waals surface area contributed by atoms with Crippen molar-refractivity contribution in [3.05, 3.63) is 34.9 Å². The van der Waals surface area contributed by atoms with E-state index in [2.05, 4.69) is 0 Å². The van der Waals surface area contributed by atoms with E-state index in [1.807, 2.05) is 0 Å². The highest BCUT2D eigenvalue weighted by Gasteiger charge is 2.43. The highest BCUT2D eigenvalue weighted by Crippen LogP contribution is 2.25. The zero-order chi connectivity index (χ0) is 15.6. The molecule has 0 radical (unpaired) electrons. The molecule has 0 saturated heterocycles. The number of carboxylic acid groups (broad SMARTS) is 1. The lowest BCUT2D eigenvalue weighted by Crippen LogP contribution is -2.43. The summed E-state index contributed by atoms with van der Waals surface area (Å²) in [7, 11) is 0. The van der Waals surface area contributed by atoms with Gasteiger partial charge in [0.2, 0.25) is 0 Å². The van der Waals surface area contributed by atoms with Crippen molar-refractivity contribution in [3.63, 3.8) is 0 Å². The molecule has 7 heteroatoms. The van der Waals surface area contributed by atoms with Gasteiger partial charge in [0.15, 0.2) is 0 Å². The van der Waals surface area contributed by atoms with Crippen molar-refractivity contribution in [1.82, 2.24) is 4.90 Å². The molecule has 21 heavy (non-hydrogen) atoms. The molecule has 0 unspecified atom stereocenters. The Labute approximate surface area is 119 Å². The van der Waals surface area contributed by atoms with E-state index in [0.29, 0.717) is 18.4 Å². The Balaban J connectivity index is 2.13. The number of fused-ring (bicyclic) bond motifs is 1. The van der Waals surface area contributed by atoms with Gasteiger partial charge < -0.3 is 10.0 Å². The quantitative estimate of drug-likeness (QED) is 0.930. The Morgan fingerprint density at radius 3 is 2.57 bits per heavy atom. The number of alkyl halides is 3. The van der Waals surface area contributed by atoms with E-state index >= 15 is 0 Å². The number of carbonyl (C=O) groups is 2. The van der Waals surface area contributed by atoms with E-state index in [0.717, 1.165) is 16.0 Å². The molecule has 1 N–H and O–H groups in total. The number of hydrogen-bond acceptors (Lipinski definition) is 2. The topological polar surface area (TPSA) is 57.6 Å². The van der Waals surface area contributed by atoms with Crippen LogP contribution >= 0.6 is 0 Å². The summed E-state index contributed by atoms with van der Waals surface area (Å²) in [4.78, 5) is 22.6. The molecule has 0 spiro atoms. The summed E-state index contributed by atoms with van der Waals surface area (Å²) >= 11 is 0. The minimum Gasteiger partial charge on any atom is -0.481 e. The summed E-state index contributed by atoms with van der Waals surface area (Å²) in [6.07, 6.45) is -4.21. The number of hydrogen-bond donors (Lipinski definition) is 1. The second-order valence-electron chi connectivity index (χ2n) is 4.97. The Kier molecular flexibility index (Phi) is 4.20. The Bertz CT molecular complexity index is 569. The molecule has 0 aliphatic carbocycles. The van der Waals surface area contributed by atoms with E-state index in [-0.39, 0.29) is 19.5 Å². The Hall–Kier alpha value is -2.05. The highest BCUT2D eigenvalue weighted by atomic mass is 19.4. The molecule has 1 aliphatic heterocycles. The van der Waals surface area contributed by atoms with E-state index < -0.39 is 18.1 Å². The fourth-order valence-corrected chi connectivity index (χ4v) is 2.37. The fourth-order valence-electron chi connectivity index (χ4n) is 2.37. The monoisotopic (exact) mass is 301 g/mol. The van der Waals surface area contributed by atoms with E-state index in [4.69, 9.17) is 5.11 Å². The number of rotatable bonds is 3. The largest absolute Gasteiger partial charge is 0.481 e. The number of halogens is 3. The standard InChI is InChI=1S/C14H14F3NO3/c15-14(16,17)13(21)18-6-5-10-3-1-9(2-4-12(19)20)7-11(10)8-18/h1,3,7H,2,4-6,8H2,(H,19,20). The predicted octanol–water partition coefficient (Wildman–Crippen LogP) is 2.15. The first-order valence-corrected chi connectivity index (χ1v) is 6.46. The summed E-state index contributed by atoms with van der Waals surface area (Å²) in [5, 5.41) is 8.64. The van der Waals surface area contributed by atoms with Gasteiger partial charge >= 0.3 is 18.1 Å². The molecule has 4 nitrogen and oxygen atoms in total. The summed E-state index contributed by atoms with van der Waals surface area (Å²) < 4.78 is 37.3. The van der Waals surface area contributed by atoms with Crippen LogP contribution in [0.4, 0.5) is 13.2 Å². The van der Waals surface area contributed by atoms with Crippen molar-refractivity contribution < 1.29 is 27.9 Å². The number of nitrogens with zero attached hydrogens (tertiary/aromatic N) is 1. The first-order valence-electron chi connectivity index (χ1n) is 6.46. The van der Waals surface area contributed by atoms with Gasteiger partial charge in [-0.1, -0.05) is 18.2 Å². The smallest absolute Gasteiger partial charge is 0.471 e. The number of aliphatic carboxylic acids is 1. The zero-order valence-corrected chi connectivity index (χ0v) is 11.1. The minimum absolute atomic E-state index is 0.0377. The molecule has 1 heterocycles. The van der Waals surface area contributed by atoms with Crippen LogP contribution in [0.2, 0.25) is 0 Å². The van der Waals surface area contributed by atoms with E-state index in [1.54, 1.807) is 18.2 Å². The van der Waals surface area contributed by atoms with Crippen molar-refractivity contribution in [3.8, 4) is 0 Å². The lowest BCUT2D eigenvalue weighted by atomic mass is 9.96. The van der Waals surface area contributed by atoms with Gasteiger partial charge in [0.05, 0.1) is 0 Å². The van der Waals surface area contributed by atoms with Crippen LogP contribution in [0.5, 0.6) is 0 Å². The van der Waals surface area contributed by atoms with Gasteiger partial charge in [0.1, 0.15) is 0 Å². The molecular formula is C14H14F3NO3. The first-order chi connectivity index (χ1) is 9.77. The Morgan fingerprint density at radius 1 is 1.24 bits per heavy atom. The van der Waals surface area contributed by atoms with Gasteiger partial charge in [-0.05, 0) is 29.5 Å². The fraction of sp³-hybridized carbons (Fsp3) is 0.429. The van der Waals surface area contributed by atoms with Gasteiger partial charge in [0.25, 0.3) is 0 Å². The number of benzene rings is 1. The van der Waals surface area contributed by atoms with Gasteiger partial charge in [0, 0.05) is 19.5 Å². The van der Waals surface area contributed by atoms with Crippen LogP contribution in [0.1, 0.15) is 23.1 Å². The van der Waals surface area contributed by atoms with Gasteiger partial charge in [-0.3, -0.25) is 9.59 Å². The minimum atomic E-state index is -4.86. The van der Waals surface area contributed by atoms with Crippen molar-refractivity contribution in [2.45, 2.75) is 32.0 Å². The average Bonchev–Trinajstić information content (AvgIpc) is 2.42. The molecular weight excluding hydrogens is 287 g/mol. The molecule has 0 atom stereocenters. The molecule has 2 rings (SSSR count).